The molecule has 0 saturated heterocycles. The molecular formula is C21H26N2O4. The number of hydrogen-bond donors (Lipinski definition) is 3. The highest BCUT2D eigenvalue weighted by Gasteiger charge is 2.34. The fourth-order valence-corrected chi connectivity index (χ4v) is 3.90. The molecule has 0 heterocycles. The van der Waals surface area contributed by atoms with Gasteiger partial charge in [0.1, 0.15) is 0 Å². The molecule has 1 fully saturated rings. The van der Waals surface area contributed by atoms with E-state index in [2.05, 4.69) is 10.6 Å². The first-order valence-electron chi connectivity index (χ1n) is 9.65. The van der Waals surface area contributed by atoms with Gasteiger partial charge in [-0.05, 0) is 37.8 Å². The SMILES string of the molecule is O=C(NC1CCCCC1)c1ccccc1NC(=O)C1CC=CCC1C(=O)O. The zero-order valence-electron chi connectivity index (χ0n) is 15.3. The third-order valence-corrected chi connectivity index (χ3v) is 5.46. The van der Waals surface area contributed by atoms with Gasteiger partial charge >= 0.3 is 5.97 Å². The van der Waals surface area contributed by atoms with Crippen LogP contribution in [-0.4, -0.2) is 28.9 Å². The van der Waals surface area contributed by atoms with Gasteiger partial charge in [0.15, 0.2) is 0 Å². The molecule has 1 saturated carbocycles. The summed E-state index contributed by atoms with van der Waals surface area (Å²) in [5, 5.41) is 15.2. The average molecular weight is 370 g/mol. The Morgan fingerprint density at radius 2 is 1.59 bits per heavy atom. The van der Waals surface area contributed by atoms with Crippen molar-refractivity contribution < 1.29 is 19.5 Å². The molecule has 6 nitrogen and oxygen atoms in total. The molecule has 2 aliphatic rings. The summed E-state index contributed by atoms with van der Waals surface area (Å²) in [5.74, 6) is -2.90. The van der Waals surface area contributed by atoms with Gasteiger partial charge in [-0.25, -0.2) is 0 Å². The highest BCUT2D eigenvalue weighted by Crippen LogP contribution is 2.28. The summed E-state index contributed by atoms with van der Waals surface area (Å²) in [5.41, 5.74) is 0.837. The number of carboxylic acid groups (broad SMARTS) is 1. The Morgan fingerprint density at radius 1 is 0.926 bits per heavy atom. The summed E-state index contributed by atoms with van der Waals surface area (Å²) in [6.45, 7) is 0. The summed E-state index contributed by atoms with van der Waals surface area (Å²) in [7, 11) is 0. The number of allylic oxidation sites excluding steroid dienone is 2. The maximum absolute atomic E-state index is 12.7. The topological polar surface area (TPSA) is 95.5 Å². The number of carboxylic acids is 1. The Balaban J connectivity index is 1.71. The van der Waals surface area contributed by atoms with Gasteiger partial charge in [-0.3, -0.25) is 14.4 Å². The first kappa shape index (κ1) is 19.1. The van der Waals surface area contributed by atoms with Gasteiger partial charge in [0.2, 0.25) is 5.91 Å². The predicted octanol–water partition coefficient (Wildman–Crippen LogP) is 3.35. The van der Waals surface area contributed by atoms with Gasteiger partial charge in [-0.1, -0.05) is 43.5 Å². The molecule has 144 valence electrons. The normalized spacial score (nSPS) is 22.8. The molecule has 3 rings (SSSR count). The van der Waals surface area contributed by atoms with Gasteiger partial charge in [0.25, 0.3) is 5.91 Å². The summed E-state index contributed by atoms with van der Waals surface area (Å²) in [4.78, 5) is 36.8. The van der Waals surface area contributed by atoms with E-state index >= 15 is 0 Å². The van der Waals surface area contributed by atoms with Crippen LogP contribution in [0.25, 0.3) is 0 Å². The van der Waals surface area contributed by atoms with Crippen molar-refractivity contribution >= 4 is 23.5 Å². The Bertz CT molecular complexity index is 737. The zero-order chi connectivity index (χ0) is 19.2. The lowest BCUT2D eigenvalue weighted by Gasteiger charge is -2.25. The third kappa shape index (κ3) is 4.76. The molecule has 0 aliphatic heterocycles. The first-order valence-corrected chi connectivity index (χ1v) is 9.65. The van der Waals surface area contributed by atoms with Crippen LogP contribution < -0.4 is 10.6 Å². The van der Waals surface area contributed by atoms with Crippen LogP contribution in [0.3, 0.4) is 0 Å². The van der Waals surface area contributed by atoms with Crippen LogP contribution in [0.2, 0.25) is 0 Å². The average Bonchev–Trinajstić information content (AvgIpc) is 2.69. The Morgan fingerprint density at radius 3 is 2.30 bits per heavy atom. The molecule has 2 atom stereocenters. The van der Waals surface area contributed by atoms with Crippen molar-refractivity contribution in [3.63, 3.8) is 0 Å². The number of amides is 2. The highest BCUT2D eigenvalue weighted by atomic mass is 16.4. The van der Waals surface area contributed by atoms with Gasteiger partial charge in [-0.15, -0.1) is 0 Å². The molecule has 2 amide bonds. The number of rotatable bonds is 5. The maximum Gasteiger partial charge on any atom is 0.307 e. The molecule has 2 unspecified atom stereocenters. The van der Waals surface area contributed by atoms with Gasteiger partial charge < -0.3 is 15.7 Å². The minimum absolute atomic E-state index is 0.176. The molecule has 6 heteroatoms. The van der Waals surface area contributed by atoms with Crippen LogP contribution in [0.4, 0.5) is 5.69 Å². The van der Waals surface area contributed by atoms with Crippen LogP contribution in [0.15, 0.2) is 36.4 Å². The van der Waals surface area contributed by atoms with E-state index < -0.39 is 17.8 Å². The van der Waals surface area contributed by atoms with Gasteiger partial charge in [-0.2, -0.15) is 0 Å². The minimum Gasteiger partial charge on any atom is -0.481 e. The molecule has 0 spiro atoms. The third-order valence-electron chi connectivity index (χ3n) is 5.46. The standard InChI is InChI=1S/C21H26N2O4/c24-19(15-10-4-5-11-16(15)21(26)27)23-18-13-7-6-12-17(18)20(25)22-14-8-2-1-3-9-14/h4-7,12-16H,1-3,8-11H2,(H,22,25)(H,23,24)(H,26,27). The van der Waals surface area contributed by atoms with Crippen molar-refractivity contribution in [3.05, 3.63) is 42.0 Å². The molecule has 27 heavy (non-hydrogen) atoms. The molecule has 2 aliphatic carbocycles. The van der Waals surface area contributed by atoms with Crippen molar-refractivity contribution in [2.24, 2.45) is 11.8 Å². The first-order chi connectivity index (χ1) is 13.1. The number of nitrogens with one attached hydrogen (secondary N) is 2. The summed E-state index contributed by atoms with van der Waals surface area (Å²) < 4.78 is 0. The smallest absolute Gasteiger partial charge is 0.307 e. The van der Waals surface area contributed by atoms with Gasteiger partial charge in [0.05, 0.1) is 23.1 Å². The van der Waals surface area contributed by atoms with E-state index in [0.717, 1.165) is 25.7 Å². The van der Waals surface area contributed by atoms with Crippen molar-refractivity contribution in [2.45, 2.75) is 51.0 Å². The van der Waals surface area contributed by atoms with Crippen molar-refractivity contribution in [1.82, 2.24) is 5.32 Å². The van der Waals surface area contributed by atoms with E-state index in [4.69, 9.17) is 0 Å². The predicted molar refractivity (Wildman–Crippen MR) is 102 cm³/mol. The van der Waals surface area contributed by atoms with Crippen LogP contribution in [0.1, 0.15) is 55.3 Å². The van der Waals surface area contributed by atoms with Crippen molar-refractivity contribution in [2.75, 3.05) is 5.32 Å². The molecule has 0 bridgehead atoms. The van der Waals surface area contributed by atoms with E-state index in [9.17, 15) is 19.5 Å². The van der Waals surface area contributed by atoms with Crippen molar-refractivity contribution in [1.29, 1.82) is 0 Å². The molecule has 1 aromatic rings. The highest BCUT2D eigenvalue weighted by molar-refractivity contribution is 6.04. The number of para-hydroxylation sites is 1. The van der Waals surface area contributed by atoms with E-state index in [1.165, 1.54) is 6.42 Å². The molecule has 3 N–H and O–H groups in total. The molecular weight excluding hydrogens is 344 g/mol. The number of benzene rings is 1. The van der Waals surface area contributed by atoms with Crippen LogP contribution >= 0.6 is 0 Å². The van der Waals surface area contributed by atoms with E-state index in [1.54, 1.807) is 30.3 Å². The summed E-state index contributed by atoms with van der Waals surface area (Å²) >= 11 is 0. The van der Waals surface area contributed by atoms with Crippen LogP contribution in [-0.2, 0) is 9.59 Å². The lowest BCUT2D eigenvalue weighted by atomic mass is 9.82. The second kappa shape index (κ2) is 8.84. The summed E-state index contributed by atoms with van der Waals surface area (Å²) in [6, 6.07) is 7.05. The second-order valence-electron chi connectivity index (χ2n) is 7.34. The largest absolute Gasteiger partial charge is 0.481 e. The van der Waals surface area contributed by atoms with E-state index in [-0.39, 0.29) is 17.9 Å². The summed E-state index contributed by atoms with van der Waals surface area (Å²) in [6.07, 6.45) is 9.78. The number of carbonyl (C=O) groups excluding carboxylic acids is 2. The number of carbonyl (C=O) groups is 3. The maximum atomic E-state index is 12.7. The molecule has 0 aromatic heterocycles. The van der Waals surface area contributed by atoms with Crippen molar-refractivity contribution in [3.8, 4) is 0 Å². The van der Waals surface area contributed by atoms with E-state index in [1.807, 2.05) is 6.08 Å². The van der Waals surface area contributed by atoms with Gasteiger partial charge in [0, 0.05) is 6.04 Å². The lowest BCUT2D eigenvalue weighted by molar-refractivity contribution is -0.146. The minimum atomic E-state index is -0.970. The van der Waals surface area contributed by atoms with E-state index in [0.29, 0.717) is 24.1 Å². The monoisotopic (exact) mass is 370 g/mol. The Kier molecular flexibility index (Phi) is 6.27. The Hall–Kier alpha value is -2.63. The zero-order valence-corrected chi connectivity index (χ0v) is 15.3. The number of anilines is 1. The molecule has 1 aromatic carbocycles. The fourth-order valence-electron chi connectivity index (χ4n) is 3.90. The lowest BCUT2D eigenvalue weighted by Crippen LogP contribution is -2.37. The number of hydrogen-bond acceptors (Lipinski definition) is 3. The van der Waals surface area contributed by atoms with Crippen LogP contribution in [0, 0.1) is 11.8 Å². The Labute approximate surface area is 159 Å². The fraction of sp³-hybridized carbons (Fsp3) is 0.476. The quantitative estimate of drug-likeness (QED) is 0.693. The molecule has 0 radical (unpaired) electrons. The van der Waals surface area contributed by atoms with Crippen LogP contribution in [0.5, 0.6) is 0 Å². The number of aliphatic carboxylic acids is 1. The second-order valence-corrected chi connectivity index (χ2v) is 7.34.